The van der Waals surface area contributed by atoms with E-state index in [-0.39, 0.29) is 0 Å². The van der Waals surface area contributed by atoms with Crippen LogP contribution in [0.15, 0.2) is 18.2 Å². The molecule has 2 bridgehead atoms. The van der Waals surface area contributed by atoms with Gasteiger partial charge in [-0.2, -0.15) is 5.26 Å². The van der Waals surface area contributed by atoms with Crippen LogP contribution in [0, 0.1) is 29.1 Å². The van der Waals surface area contributed by atoms with Gasteiger partial charge in [0.05, 0.1) is 23.0 Å². The lowest BCUT2D eigenvalue weighted by molar-refractivity contribution is 0.337. The third kappa shape index (κ3) is 2.28. The molecule has 0 aromatic heterocycles. The van der Waals surface area contributed by atoms with Gasteiger partial charge in [0.25, 0.3) is 0 Å². The Morgan fingerprint density at radius 2 is 2.21 bits per heavy atom. The molecular formula is C16H21N3. The van der Waals surface area contributed by atoms with Crippen molar-refractivity contribution in [2.24, 2.45) is 17.8 Å². The molecule has 1 aromatic carbocycles. The first-order valence-electron chi connectivity index (χ1n) is 7.18. The minimum Gasteiger partial charge on any atom is -0.397 e. The molecule has 19 heavy (non-hydrogen) atoms. The first kappa shape index (κ1) is 12.3. The molecule has 0 saturated heterocycles. The molecule has 2 N–H and O–H groups in total. The second kappa shape index (κ2) is 4.77. The van der Waals surface area contributed by atoms with Gasteiger partial charge in [-0.3, -0.25) is 0 Å². The van der Waals surface area contributed by atoms with E-state index in [1.807, 2.05) is 12.1 Å². The van der Waals surface area contributed by atoms with Crippen LogP contribution in [0.4, 0.5) is 11.4 Å². The van der Waals surface area contributed by atoms with E-state index in [9.17, 15) is 0 Å². The molecule has 2 saturated carbocycles. The summed E-state index contributed by atoms with van der Waals surface area (Å²) in [5, 5.41) is 8.87. The highest BCUT2D eigenvalue weighted by Gasteiger charge is 2.39. The summed E-state index contributed by atoms with van der Waals surface area (Å²) in [4.78, 5) is 2.27. The topological polar surface area (TPSA) is 53.0 Å². The lowest BCUT2D eigenvalue weighted by Gasteiger charge is -2.29. The van der Waals surface area contributed by atoms with E-state index in [4.69, 9.17) is 11.0 Å². The zero-order chi connectivity index (χ0) is 13.4. The van der Waals surface area contributed by atoms with Crippen molar-refractivity contribution in [3.63, 3.8) is 0 Å². The molecule has 2 fully saturated rings. The van der Waals surface area contributed by atoms with Crippen LogP contribution >= 0.6 is 0 Å². The molecule has 3 unspecified atom stereocenters. The Hall–Kier alpha value is -1.69. The van der Waals surface area contributed by atoms with Crippen molar-refractivity contribution in [3.05, 3.63) is 23.8 Å². The molecule has 0 amide bonds. The summed E-state index contributed by atoms with van der Waals surface area (Å²) in [5.74, 6) is 2.76. The number of anilines is 2. The summed E-state index contributed by atoms with van der Waals surface area (Å²) >= 11 is 0. The van der Waals surface area contributed by atoms with Crippen LogP contribution in [-0.2, 0) is 0 Å². The van der Waals surface area contributed by atoms with Gasteiger partial charge in [0.1, 0.15) is 0 Å². The van der Waals surface area contributed by atoms with Crippen molar-refractivity contribution in [3.8, 4) is 6.07 Å². The smallest absolute Gasteiger partial charge is 0.0992 e. The van der Waals surface area contributed by atoms with Crippen LogP contribution in [0.25, 0.3) is 0 Å². The maximum absolute atomic E-state index is 8.87. The molecule has 2 aliphatic carbocycles. The summed E-state index contributed by atoms with van der Waals surface area (Å²) < 4.78 is 0. The number of nitrogen functional groups attached to an aromatic ring is 1. The minimum atomic E-state index is 0.634. The summed E-state index contributed by atoms with van der Waals surface area (Å²) in [6.45, 7) is 1.09. The first-order valence-corrected chi connectivity index (χ1v) is 7.18. The summed E-state index contributed by atoms with van der Waals surface area (Å²) in [7, 11) is 2.11. The van der Waals surface area contributed by atoms with Gasteiger partial charge < -0.3 is 10.6 Å². The van der Waals surface area contributed by atoms with Crippen LogP contribution in [0.3, 0.4) is 0 Å². The van der Waals surface area contributed by atoms with Gasteiger partial charge in [-0.15, -0.1) is 0 Å². The molecule has 3 atom stereocenters. The minimum absolute atomic E-state index is 0.634. The SMILES string of the molecule is CN(CC1CC2CCC1C2)c1ccc(C#N)cc1N. The van der Waals surface area contributed by atoms with Crippen molar-refractivity contribution in [2.45, 2.75) is 25.7 Å². The summed E-state index contributed by atoms with van der Waals surface area (Å²) in [6.07, 6.45) is 5.71. The third-order valence-corrected chi connectivity index (χ3v) is 4.96. The Morgan fingerprint density at radius 3 is 2.79 bits per heavy atom. The predicted octanol–water partition coefficient (Wildman–Crippen LogP) is 3.01. The zero-order valence-electron chi connectivity index (χ0n) is 11.5. The number of benzene rings is 1. The Morgan fingerprint density at radius 1 is 1.37 bits per heavy atom. The Balaban J connectivity index is 1.70. The number of rotatable bonds is 3. The quantitative estimate of drug-likeness (QED) is 0.845. The van der Waals surface area contributed by atoms with Gasteiger partial charge in [0.15, 0.2) is 0 Å². The highest BCUT2D eigenvalue weighted by molar-refractivity contribution is 5.69. The van der Waals surface area contributed by atoms with Crippen LogP contribution in [-0.4, -0.2) is 13.6 Å². The fourth-order valence-corrected chi connectivity index (χ4v) is 4.02. The molecule has 3 heteroatoms. The van der Waals surface area contributed by atoms with Gasteiger partial charge >= 0.3 is 0 Å². The number of hydrogen-bond donors (Lipinski definition) is 1. The molecule has 2 aliphatic rings. The maximum atomic E-state index is 8.87. The molecule has 3 nitrogen and oxygen atoms in total. The zero-order valence-corrected chi connectivity index (χ0v) is 11.5. The summed E-state index contributed by atoms with van der Waals surface area (Å²) in [5.41, 5.74) is 8.46. The van der Waals surface area contributed by atoms with Crippen LogP contribution < -0.4 is 10.6 Å². The van der Waals surface area contributed by atoms with Crippen LogP contribution in [0.5, 0.6) is 0 Å². The number of nitrogens with two attached hydrogens (primary N) is 1. The van der Waals surface area contributed by atoms with Gasteiger partial charge in [0.2, 0.25) is 0 Å². The average Bonchev–Trinajstić information content (AvgIpc) is 3.00. The lowest BCUT2D eigenvalue weighted by atomic mass is 9.88. The fraction of sp³-hybridized carbons (Fsp3) is 0.562. The number of nitrogens with zero attached hydrogens (tertiary/aromatic N) is 2. The van der Waals surface area contributed by atoms with Gasteiger partial charge in [-0.05, 0) is 55.2 Å². The molecule has 0 aliphatic heterocycles. The lowest BCUT2D eigenvalue weighted by Crippen LogP contribution is -2.29. The van der Waals surface area contributed by atoms with Crippen LogP contribution in [0.1, 0.15) is 31.2 Å². The average molecular weight is 255 g/mol. The molecule has 0 spiro atoms. The molecule has 3 rings (SSSR count). The molecular weight excluding hydrogens is 234 g/mol. The van der Waals surface area contributed by atoms with E-state index in [2.05, 4.69) is 18.0 Å². The summed E-state index contributed by atoms with van der Waals surface area (Å²) in [6, 6.07) is 7.72. The highest BCUT2D eigenvalue weighted by atomic mass is 15.1. The standard InChI is InChI=1S/C16H21N3/c1-19(10-14-7-11-2-4-13(14)6-11)16-5-3-12(9-17)8-15(16)18/h3,5,8,11,13-14H,2,4,6-7,10,18H2,1H3. The normalized spacial score (nSPS) is 28.3. The van der Waals surface area contributed by atoms with E-state index >= 15 is 0 Å². The number of nitriles is 1. The van der Waals surface area contributed by atoms with Crippen molar-refractivity contribution in [2.75, 3.05) is 24.2 Å². The Bertz CT molecular complexity index is 517. The van der Waals surface area contributed by atoms with Gasteiger partial charge in [0, 0.05) is 13.6 Å². The molecule has 0 radical (unpaired) electrons. The monoisotopic (exact) mass is 255 g/mol. The second-order valence-electron chi connectivity index (χ2n) is 6.20. The molecule has 100 valence electrons. The van der Waals surface area contributed by atoms with E-state index in [0.29, 0.717) is 11.3 Å². The van der Waals surface area contributed by atoms with E-state index in [0.717, 1.165) is 30.0 Å². The van der Waals surface area contributed by atoms with Crippen LogP contribution in [0.2, 0.25) is 0 Å². The largest absolute Gasteiger partial charge is 0.397 e. The van der Waals surface area contributed by atoms with Crippen molar-refractivity contribution < 1.29 is 0 Å². The predicted molar refractivity (Wildman–Crippen MR) is 77.8 cm³/mol. The van der Waals surface area contributed by atoms with Crippen molar-refractivity contribution in [1.82, 2.24) is 0 Å². The van der Waals surface area contributed by atoms with Crippen molar-refractivity contribution in [1.29, 1.82) is 5.26 Å². The highest BCUT2D eigenvalue weighted by Crippen LogP contribution is 2.48. The number of fused-ring (bicyclic) bond motifs is 2. The Kier molecular flexibility index (Phi) is 3.10. The maximum Gasteiger partial charge on any atom is 0.0992 e. The van der Waals surface area contributed by atoms with E-state index in [1.54, 1.807) is 6.07 Å². The van der Waals surface area contributed by atoms with Gasteiger partial charge in [-0.25, -0.2) is 0 Å². The third-order valence-electron chi connectivity index (χ3n) is 4.96. The van der Waals surface area contributed by atoms with E-state index in [1.165, 1.54) is 25.7 Å². The Labute approximate surface area is 115 Å². The second-order valence-corrected chi connectivity index (χ2v) is 6.20. The number of hydrogen-bond acceptors (Lipinski definition) is 3. The first-order chi connectivity index (χ1) is 9.17. The molecule has 1 aromatic rings. The van der Waals surface area contributed by atoms with E-state index < -0.39 is 0 Å². The molecule has 0 heterocycles. The fourth-order valence-electron chi connectivity index (χ4n) is 4.02. The van der Waals surface area contributed by atoms with Gasteiger partial charge in [-0.1, -0.05) is 6.42 Å². The van der Waals surface area contributed by atoms with Crippen molar-refractivity contribution >= 4 is 11.4 Å².